The number of nitrogens with one attached hydrogen (secondary N) is 1. The smallest absolute Gasteiger partial charge is 0.0728 e. The zero-order chi connectivity index (χ0) is 9.84. The lowest BCUT2D eigenvalue weighted by molar-refractivity contribution is 0.560. The summed E-state index contributed by atoms with van der Waals surface area (Å²) in [4.78, 5) is 0. The predicted molar refractivity (Wildman–Crippen MR) is 55.8 cm³/mol. The van der Waals surface area contributed by atoms with Crippen molar-refractivity contribution in [1.82, 2.24) is 9.78 Å². The van der Waals surface area contributed by atoms with Crippen molar-refractivity contribution in [2.24, 2.45) is 5.92 Å². The summed E-state index contributed by atoms with van der Waals surface area (Å²) in [6.07, 6.45) is 3.92. The van der Waals surface area contributed by atoms with Crippen LogP contribution in [-0.4, -0.2) is 15.8 Å². The fourth-order valence-electron chi connectivity index (χ4n) is 1.04. The molecule has 0 amide bonds. The molecular weight excluding hydrogens is 162 g/mol. The number of hydrogen-bond donors (Lipinski definition) is 1. The number of anilines is 1. The van der Waals surface area contributed by atoms with Crippen molar-refractivity contribution in [2.45, 2.75) is 40.3 Å². The van der Waals surface area contributed by atoms with E-state index < -0.39 is 0 Å². The van der Waals surface area contributed by atoms with Gasteiger partial charge in [-0.3, -0.25) is 4.68 Å². The van der Waals surface area contributed by atoms with Crippen LogP contribution in [0.4, 0.5) is 5.69 Å². The molecule has 0 bridgehead atoms. The molecule has 0 aliphatic rings. The summed E-state index contributed by atoms with van der Waals surface area (Å²) in [5, 5.41) is 7.61. The highest BCUT2D eigenvalue weighted by molar-refractivity contribution is 5.39. The summed E-state index contributed by atoms with van der Waals surface area (Å²) >= 11 is 0. The average molecular weight is 181 g/mol. The van der Waals surface area contributed by atoms with Crippen molar-refractivity contribution in [3.8, 4) is 0 Å². The number of hydrogen-bond acceptors (Lipinski definition) is 2. The van der Waals surface area contributed by atoms with Crippen LogP contribution in [0, 0.1) is 5.92 Å². The zero-order valence-electron chi connectivity index (χ0n) is 8.91. The largest absolute Gasteiger partial charge is 0.380 e. The van der Waals surface area contributed by atoms with E-state index in [0.717, 1.165) is 12.2 Å². The van der Waals surface area contributed by atoms with Crippen molar-refractivity contribution in [3.63, 3.8) is 0 Å². The second-order valence-electron chi connectivity index (χ2n) is 3.76. The van der Waals surface area contributed by atoms with Gasteiger partial charge in [0.25, 0.3) is 0 Å². The maximum Gasteiger partial charge on any atom is 0.0728 e. The Morgan fingerprint density at radius 1 is 1.46 bits per heavy atom. The zero-order valence-corrected chi connectivity index (χ0v) is 8.91. The van der Waals surface area contributed by atoms with Crippen molar-refractivity contribution in [1.29, 1.82) is 0 Å². The van der Waals surface area contributed by atoms with Crippen molar-refractivity contribution in [3.05, 3.63) is 12.4 Å². The first kappa shape index (κ1) is 10.1. The lowest BCUT2D eigenvalue weighted by Crippen LogP contribution is -2.21. The van der Waals surface area contributed by atoms with E-state index >= 15 is 0 Å². The number of aromatic nitrogens is 2. The standard InChI is InChI=1S/C10H19N3/c1-5-13-7-10(6-11-13)12-9(4)8(2)3/h6-9,12H,5H2,1-4H3. The summed E-state index contributed by atoms with van der Waals surface area (Å²) in [7, 11) is 0. The fraction of sp³-hybridized carbons (Fsp3) is 0.700. The van der Waals surface area contributed by atoms with Crippen LogP contribution in [0.1, 0.15) is 27.7 Å². The second-order valence-corrected chi connectivity index (χ2v) is 3.76. The Hall–Kier alpha value is -0.990. The maximum atomic E-state index is 4.20. The number of aryl methyl sites for hydroxylation is 1. The molecule has 0 aliphatic carbocycles. The lowest BCUT2D eigenvalue weighted by Gasteiger charge is -2.16. The molecule has 3 heteroatoms. The van der Waals surface area contributed by atoms with E-state index in [9.17, 15) is 0 Å². The van der Waals surface area contributed by atoms with Crippen molar-refractivity contribution in [2.75, 3.05) is 5.32 Å². The highest BCUT2D eigenvalue weighted by Gasteiger charge is 2.07. The minimum absolute atomic E-state index is 0.495. The van der Waals surface area contributed by atoms with Crippen molar-refractivity contribution < 1.29 is 0 Å². The van der Waals surface area contributed by atoms with Crippen LogP contribution in [0.5, 0.6) is 0 Å². The third-order valence-electron chi connectivity index (χ3n) is 2.35. The maximum absolute atomic E-state index is 4.20. The monoisotopic (exact) mass is 181 g/mol. The van der Waals surface area contributed by atoms with Gasteiger partial charge in [-0.15, -0.1) is 0 Å². The topological polar surface area (TPSA) is 29.9 Å². The fourth-order valence-corrected chi connectivity index (χ4v) is 1.04. The molecule has 0 saturated heterocycles. The summed E-state index contributed by atoms with van der Waals surface area (Å²) in [6, 6.07) is 0.495. The molecule has 1 unspecified atom stereocenters. The summed E-state index contributed by atoms with van der Waals surface area (Å²) < 4.78 is 1.93. The number of rotatable bonds is 4. The van der Waals surface area contributed by atoms with Crippen LogP contribution >= 0.6 is 0 Å². The molecule has 1 atom stereocenters. The Morgan fingerprint density at radius 3 is 2.62 bits per heavy atom. The van der Waals surface area contributed by atoms with Gasteiger partial charge in [0, 0.05) is 18.8 Å². The van der Waals surface area contributed by atoms with Gasteiger partial charge >= 0.3 is 0 Å². The first-order valence-electron chi connectivity index (χ1n) is 4.92. The second kappa shape index (κ2) is 4.30. The number of nitrogens with zero attached hydrogens (tertiary/aromatic N) is 2. The third kappa shape index (κ3) is 2.76. The van der Waals surface area contributed by atoms with Crippen LogP contribution < -0.4 is 5.32 Å². The van der Waals surface area contributed by atoms with Crippen LogP contribution in [0.3, 0.4) is 0 Å². The van der Waals surface area contributed by atoms with E-state index in [-0.39, 0.29) is 0 Å². The summed E-state index contributed by atoms with van der Waals surface area (Å²) in [5.74, 6) is 0.643. The van der Waals surface area contributed by atoms with Gasteiger partial charge in [-0.2, -0.15) is 5.10 Å². The Balaban J connectivity index is 2.53. The lowest BCUT2D eigenvalue weighted by atomic mass is 10.1. The van der Waals surface area contributed by atoms with Crippen molar-refractivity contribution >= 4 is 5.69 Å². The van der Waals surface area contributed by atoms with Gasteiger partial charge in [0.1, 0.15) is 0 Å². The van der Waals surface area contributed by atoms with E-state index in [1.807, 2.05) is 17.1 Å². The third-order valence-corrected chi connectivity index (χ3v) is 2.35. The van der Waals surface area contributed by atoms with E-state index in [1.54, 1.807) is 0 Å². The first-order valence-corrected chi connectivity index (χ1v) is 4.92. The molecule has 74 valence electrons. The van der Waals surface area contributed by atoms with Crippen LogP contribution in [0.25, 0.3) is 0 Å². The molecule has 0 saturated carbocycles. The predicted octanol–water partition coefficient (Wildman–Crippen LogP) is 2.36. The Bertz CT molecular complexity index is 252. The molecular formula is C10H19N3. The van der Waals surface area contributed by atoms with Gasteiger partial charge in [0.15, 0.2) is 0 Å². The van der Waals surface area contributed by atoms with Crippen LogP contribution in [0.15, 0.2) is 12.4 Å². The Morgan fingerprint density at radius 2 is 2.15 bits per heavy atom. The molecule has 0 spiro atoms. The van der Waals surface area contributed by atoms with Gasteiger partial charge in [-0.05, 0) is 19.8 Å². The summed E-state index contributed by atoms with van der Waals surface area (Å²) in [6.45, 7) is 9.62. The normalized spacial score (nSPS) is 13.3. The molecule has 1 N–H and O–H groups in total. The minimum atomic E-state index is 0.495. The molecule has 0 aliphatic heterocycles. The van der Waals surface area contributed by atoms with Crippen LogP contribution in [-0.2, 0) is 6.54 Å². The van der Waals surface area contributed by atoms with Gasteiger partial charge in [-0.25, -0.2) is 0 Å². The quantitative estimate of drug-likeness (QED) is 0.772. The van der Waals surface area contributed by atoms with E-state index in [1.165, 1.54) is 0 Å². The SMILES string of the molecule is CCn1cc(NC(C)C(C)C)cn1. The minimum Gasteiger partial charge on any atom is -0.380 e. The Kier molecular flexibility index (Phi) is 3.34. The van der Waals surface area contributed by atoms with E-state index in [0.29, 0.717) is 12.0 Å². The summed E-state index contributed by atoms with van der Waals surface area (Å²) in [5.41, 5.74) is 1.11. The first-order chi connectivity index (χ1) is 6.13. The van der Waals surface area contributed by atoms with E-state index in [4.69, 9.17) is 0 Å². The highest BCUT2D eigenvalue weighted by Crippen LogP contribution is 2.10. The molecule has 1 aromatic heterocycles. The van der Waals surface area contributed by atoms with Gasteiger partial charge in [0.2, 0.25) is 0 Å². The molecule has 1 rings (SSSR count). The molecule has 0 aromatic carbocycles. The van der Waals surface area contributed by atoms with Gasteiger partial charge in [0.05, 0.1) is 11.9 Å². The Labute approximate surface area is 80.1 Å². The van der Waals surface area contributed by atoms with E-state index in [2.05, 4.69) is 38.1 Å². The molecule has 3 nitrogen and oxygen atoms in total. The molecule has 0 fully saturated rings. The van der Waals surface area contributed by atoms with Gasteiger partial charge < -0.3 is 5.32 Å². The molecule has 1 aromatic rings. The van der Waals surface area contributed by atoms with Crippen LogP contribution in [0.2, 0.25) is 0 Å². The highest BCUT2D eigenvalue weighted by atomic mass is 15.3. The van der Waals surface area contributed by atoms with Gasteiger partial charge in [-0.1, -0.05) is 13.8 Å². The molecule has 0 radical (unpaired) electrons. The average Bonchev–Trinajstić information content (AvgIpc) is 2.52. The molecule has 1 heterocycles. The molecule has 13 heavy (non-hydrogen) atoms.